The molecule has 1 fully saturated rings. The Balaban J connectivity index is 1.61. The zero-order valence-electron chi connectivity index (χ0n) is 16.6. The van der Waals surface area contributed by atoms with Crippen LogP contribution in [0.5, 0.6) is 0 Å². The number of rotatable bonds is 4. The predicted octanol–water partition coefficient (Wildman–Crippen LogP) is 2.29. The second-order valence-corrected chi connectivity index (χ2v) is 7.41. The lowest BCUT2D eigenvalue weighted by Gasteiger charge is -2.28. The lowest BCUT2D eigenvalue weighted by molar-refractivity contribution is 0.0641. The van der Waals surface area contributed by atoms with Crippen molar-refractivity contribution in [1.29, 1.82) is 0 Å². The van der Waals surface area contributed by atoms with Gasteiger partial charge in [-0.15, -0.1) is 0 Å². The van der Waals surface area contributed by atoms with Gasteiger partial charge in [-0.05, 0) is 18.8 Å². The number of carbonyl (C=O) groups is 2. The first kappa shape index (κ1) is 19.4. The molecule has 1 N–H and O–H groups in total. The number of benzene rings is 1. The second-order valence-electron chi connectivity index (χ2n) is 7.41. The van der Waals surface area contributed by atoms with Crippen LogP contribution in [0.3, 0.4) is 0 Å². The van der Waals surface area contributed by atoms with Crippen molar-refractivity contribution in [2.24, 2.45) is 5.92 Å². The molecule has 1 saturated heterocycles. The van der Waals surface area contributed by atoms with E-state index in [0.717, 1.165) is 43.1 Å². The van der Waals surface area contributed by atoms with E-state index in [9.17, 15) is 9.59 Å². The van der Waals surface area contributed by atoms with Crippen LogP contribution in [0.2, 0.25) is 0 Å². The molecule has 0 spiro atoms. The second kappa shape index (κ2) is 8.65. The van der Waals surface area contributed by atoms with Crippen LogP contribution in [0, 0.1) is 5.92 Å². The summed E-state index contributed by atoms with van der Waals surface area (Å²) < 4.78 is 12.3. The van der Waals surface area contributed by atoms with E-state index in [1.807, 2.05) is 34.9 Å². The lowest BCUT2D eigenvalue weighted by Crippen LogP contribution is -2.39. The summed E-state index contributed by atoms with van der Waals surface area (Å²) in [7, 11) is 1.37. The summed E-state index contributed by atoms with van der Waals surface area (Å²) in [5.41, 5.74) is 2.07. The van der Waals surface area contributed by atoms with Gasteiger partial charge in [-0.1, -0.05) is 30.3 Å². The molecule has 2 amide bonds. The van der Waals surface area contributed by atoms with Crippen LogP contribution in [-0.4, -0.2) is 59.9 Å². The summed E-state index contributed by atoms with van der Waals surface area (Å²) in [5.74, 6) is 0.974. The van der Waals surface area contributed by atoms with Gasteiger partial charge in [0.15, 0.2) is 5.69 Å². The zero-order valence-corrected chi connectivity index (χ0v) is 16.6. The van der Waals surface area contributed by atoms with Gasteiger partial charge in [0.2, 0.25) is 0 Å². The van der Waals surface area contributed by atoms with Crippen molar-refractivity contribution in [3.8, 4) is 11.4 Å². The fourth-order valence-corrected chi connectivity index (χ4v) is 3.91. The summed E-state index contributed by atoms with van der Waals surface area (Å²) in [6, 6.07) is 9.80. The number of ether oxygens (including phenoxy) is 2. The van der Waals surface area contributed by atoms with Gasteiger partial charge in [0, 0.05) is 38.4 Å². The molecule has 8 nitrogen and oxygen atoms in total. The van der Waals surface area contributed by atoms with Crippen LogP contribution in [0.1, 0.15) is 29.0 Å². The summed E-state index contributed by atoms with van der Waals surface area (Å²) in [6.07, 6.45) is 1.51. The Morgan fingerprint density at radius 1 is 1.21 bits per heavy atom. The van der Waals surface area contributed by atoms with Crippen molar-refractivity contribution >= 4 is 12.0 Å². The maximum atomic E-state index is 13.0. The third kappa shape index (κ3) is 4.12. The van der Waals surface area contributed by atoms with Crippen LogP contribution in [0.15, 0.2) is 30.3 Å². The van der Waals surface area contributed by atoms with Gasteiger partial charge in [0.25, 0.3) is 5.91 Å². The molecule has 1 aromatic heterocycles. The number of fused-ring (bicyclic) bond motifs is 1. The molecule has 29 heavy (non-hydrogen) atoms. The highest BCUT2D eigenvalue weighted by Crippen LogP contribution is 2.27. The Morgan fingerprint density at radius 3 is 2.69 bits per heavy atom. The van der Waals surface area contributed by atoms with E-state index in [1.54, 1.807) is 4.90 Å². The average molecular weight is 398 g/mol. The number of aromatic nitrogens is 2. The van der Waals surface area contributed by atoms with Crippen molar-refractivity contribution in [2.45, 2.75) is 25.9 Å². The first-order valence-corrected chi connectivity index (χ1v) is 10.0. The molecular formula is C21H26N4O4. The molecule has 0 saturated carbocycles. The number of nitrogens with one attached hydrogen (secondary N) is 1. The van der Waals surface area contributed by atoms with E-state index in [2.05, 4.69) is 5.32 Å². The van der Waals surface area contributed by atoms with E-state index in [1.165, 1.54) is 7.11 Å². The first-order valence-electron chi connectivity index (χ1n) is 10.0. The number of hydrogen-bond acceptors (Lipinski definition) is 5. The smallest absolute Gasteiger partial charge is 0.409 e. The fourth-order valence-electron chi connectivity index (χ4n) is 3.91. The molecular weight excluding hydrogens is 372 g/mol. The third-order valence-corrected chi connectivity index (χ3v) is 5.58. The molecule has 0 radical (unpaired) electrons. The number of amides is 2. The van der Waals surface area contributed by atoms with Gasteiger partial charge in [0.1, 0.15) is 5.82 Å². The maximum Gasteiger partial charge on any atom is 0.409 e. The summed E-state index contributed by atoms with van der Waals surface area (Å²) in [5, 5.41) is 3.04. The minimum atomic E-state index is -0.396. The van der Waals surface area contributed by atoms with Crippen molar-refractivity contribution < 1.29 is 19.1 Å². The van der Waals surface area contributed by atoms with Crippen molar-refractivity contribution in [3.05, 3.63) is 41.7 Å². The van der Waals surface area contributed by atoms with E-state index in [-0.39, 0.29) is 5.91 Å². The molecule has 0 aliphatic carbocycles. The number of carbonyl (C=O) groups excluding carboxylic acids is 2. The molecule has 0 unspecified atom stereocenters. The molecule has 4 rings (SSSR count). The molecule has 0 atom stereocenters. The molecule has 0 bridgehead atoms. The highest BCUT2D eigenvalue weighted by molar-refractivity contribution is 5.94. The maximum absolute atomic E-state index is 13.0. The van der Waals surface area contributed by atoms with Crippen LogP contribution in [-0.2, 0) is 22.6 Å². The summed E-state index contributed by atoms with van der Waals surface area (Å²) in [6.45, 7) is 3.47. The molecule has 1 aromatic carbocycles. The highest BCUT2D eigenvalue weighted by atomic mass is 16.5. The van der Waals surface area contributed by atoms with Gasteiger partial charge in [0.05, 0.1) is 19.3 Å². The van der Waals surface area contributed by atoms with Crippen LogP contribution in [0.4, 0.5) is 4.79 Å². The molecule has 2 aromatic rings. The Morgan fingerprint density at radius 2 is 1.97 bits per heavy atom. The largest absolute Gasteiger partial charge is 0.453 e. The SMILES string of the molecule is COC(=O)N1CCn2c(-c3ccccc3)nc(C(=O)NCC3CCOCC3)c2C1. The van der Waals surface area contributed by atoms with Crippen molar-refractivity contribution in [1.82, 2.24) is 19.8 Å². The Labute approximate surface area is 169 Å². The minimum Gasteiger partial charge on any atom is -0.453 e. The fraction of sp³-hybridized carbons (Fsp3) is 0.476. The topological polar surface area (TPSA) is 85.7 Å². The average Bonchev–Trinajstić information content (AvgIpc) is 3.17. The molecule has 154 valence electrons. The Bertz CT molecular complexity index is 874. The van der Waals surface area contributed by atoms with Gasteiger partial charge in [-0.25, -0.2) is 9.78 Å². The van der Waals surface area contributed by atoms with Gasteiger partial charge >= 0.3 is 6.09 Å². The monoisotopic (exact) mass is 398 g/mol. The number of methoxy groups -OCH3 is 1. The summed E-state index contributed by atoms with van der Waals surface area (Å²) in [4.78, 5) is 31.3. The number of imidazole rings is 1. The van der Waals surface area contributed by atoms with Gasteiger partial charge < -0.3 is 24.3 Å². The van der Waals surface area contributed by atoms with E-state index >= 15 is 0 Å². The van der Waals surface area contributed by atoms with Crippen molar-refractivity contribution in [3.63, 3.8) is 0 Å². The highest BCUT2D eigenvalue weighted by Gasteiger charge is 2.30. The van der Waals surface area contributed by atoms with Crippen LogP contribution in [0.25, 0.3) is 11.4 Å². The molecule has 2 aliphatic rings. The predicted molar refractivity (Wildman–Crippen MR) is 106 cm³/mol. The van der Waals surface area contributed by atoms with E-state index < -0.39 is 6.09 Å². The van der Waals surface area contributed by atoms with Crippen LogP contribution < -0.4 is 5.32 Å². The van der Waals surface area contributed by atoms with E-state index in [0.29, 0.717) is 37.8 Å². The Hall–Kier alpha value is -2.87. The number of nitrogens with zero attached hydrogens (tertiary/aromatic N) is 3. The lowest BCUT2D eigenvalue weighted by atomic mass is 10.0. The molecule has 2 aliphatic heterocycles. The van der Waals surface area contributed by atoms with Crippen molar-refractivity contribution in [2.75, 3.05) is 33.4 Å². The van der Waals surface area contributed by atoms with Crippen LogP contribution >= 0.6 is 0 Å². The number of hydrogen-bond donors (Lipinski definition) is 1. The third-order valence-electron chi connectivity index (χ3n) is 5.58. The normalized spacial score (nSPS) is 16.9. The first-order chi connectivity index (χ1) is 14.2. The Kier molecular flexibility index (Phi) is 5.80. The van der Waals surface area contributed by atoms with Gasteiger partial charge in [-0.3, -0.25) is 4.79 Å². The quantitative estimate of drug-likeness (QED) is 0.854. The summed E-state index contributed by atoms with van der Waals surface area (Å²) >= 11 is 0. The van der Waals surface area contributed by atoms with Gasteiger partial charge in [-0.2, -0.15) is 0 Å². The standard InChI is InChI=1S/C21H26N4O4/c1-28-21(27)24-9-10-25-17(14-24)18(23-19(25)16-5-3-2-4-6-16)20(26)22-13-15-7-11-29-12-8-15/h2-6,15H,7-14H2,1H3,(H,22,26). The molecule has 3 heterocycles. The van der Waals surface area contributed by atoms with E-state index in [4.69, 9.17) is 14.5 Å². The zero-order chi connectivity index (χ0) is 20.2. The molecule has 8 heteroatoms. The minimum absolute atomic E-state index is 0.200.